The summed E-state index contributed by atoms with van der Waals surface area (Å²) < 4.78 is 6.92. The predicted octanol–water partition coefficient (Wildman–Crippen LogP) is 2.16. The Morgan fingerprint density at radius 1 is 1.24 bits per heavy atom. The van der Waals surface area contributed by atoms with Gasteiger partial charge in [-0.25, -0.2) is 0 Å². The van der Waals surface area contributed by atoms with Crippen LogP contribution in [0.5, 0.6) is 0 Å². The molecule has 112 valence electrons. The van der Waals surface area contributed by atoms with Crippen LogP contribution in [0.15, 0.2) is 33.9 Å². The minimum Gasteiger partial charge on any atom is -0.460 e. The highest BCUT2D eigenvalue weighted by Gasteiger charge is 2.17. The van der Waals surface area contributed by atoms with Crippen LogP contribution in [-0.4, -0.2) is 16.1 Å². The molecule has 0 unspecified atom stereocenters. The van der Waals surface area contributed by atoms with Gasteiger partial charge < -0.3 is 4.74 Å². The van der Waals surface area contributed by atoms with Gasteiger partial charge in [-0.3, -0.25) is 19.0 Å². The van der Waals surface area contributed by atoms with Crippen LogP contribution in [0.3, 0.4) is 0 Å². The van der Waals surface area contributed by atoms with Gasteiger partial charge in [0.2, 0.25) is 0 Å². The molecule has 1 aromatic carbocycles. The molecule has 0 saturated carbocycles. The molecule has 0 bridgehead atoms. The van der Waals surface area contributed by atoms with E-state index in [0.29, 0.717) is 10.1 Å². The SMILES string of the molecule is CC(C)(C)OC(=O)CCn1c(=O)sc2ccccc2c1=O. The zero-order valence-electron chi connectivity index (χ0n) is 12.2. The molecule has 0 spiro atoms. The second-order valence-electron chi connectivity index (χ2n) is 5.66. The Morgan fingerprint density at radius 2 is 1.90 bits per heavy atom. The molecule has 0 amide bonds. The highest BCUT2D eigenvalue weighted by molar-refractivity contribution is 7.16. The second-order valence-corrected chi connectivity index (χ2v) is 6.65. The summed E-state index contributed by atoms with van der Waals surface area (Å²) in [7, 11) is 0. The Balaban J connectivity index is 2.25. The van der Waals surface area contributed by atoms with E-state index in [1.165, 1.54) is 0 Å². The first kappa shape index (κ1) is 15.4. The van der Waals surface area contributed by atoms with Crippen LogP contribution in [0.1, 0.15) is 27.2 Å². The van der Waals surface area contributed by atoms with E-state index in [9.17, 15) is 14.4 Å². The monoisotopic (exact) mass is 307 g/mol. The molecule has 1 aromatic heterocycles. The van der Waals surface area contributed by atoms with Crippen molar-refractivity contribution in [1.82, 2.24) is 4.57 Å². The van der Waals surface area contributed by atoms with Crippen LogP contribution < -0.4 is 10.4 Å². The van der Waals surface area contributed by atoms with Gasteiger partial charge in [0.15, 0.2) is 0 Å². The van der Waals surface area contributed by atoms with E-state index < -0.39 is 11.6 Å². The molecule has 5 nitrogen and oxygen atoms in total. The predicted molar refractivity (Wildman–Crippen MR) is 82.8 cm³/mol. The van der Waals surface area contributed by atoms with Gasteiger partial charge in [-0.1, -0.05) is 23.5 Å². The van der Waals surface area contributed by atoms with Crippen LogP contribution in [0, 0.1) is 0 Å². The number of fused-ring (bicyclic) bond motifs is 1. The third-order valence-corrected chi connectivity index (χ3v) is 3.71. The topological polar surface area (TPSA) is 65.4 Å². The number of nitrogens with zero attached hydrogens (tertiary/aromatic N) is 1. The molecule has 21 heavy (non-hydrogen) atoms. The lowest BCUT2D eigenvalue weighted by Crippen LogP contribution is -2.33. The summed E-state index contributed by atoms with van der Waals surface area (Å²) in [4.78, 5) is 35.6. The zero-order valence-corrected chi connectivity index (χ0v) is 13.0. The summed E-state index contributed by atoms with van der Waals surface area (Å²) >= 11 is 1.00. The lowest BCUT2D eigenvalue weighted by molar-refractivity contribution is -0.155. The Bertz CT molecular complexity index is 783. The van der Waals surface area contributed by atoms with Crippen molar-refractivity contribution in [2.75, 3.05) is 0 Å². The van der Waals surface area contributed by atoms with Gasteiger partial charge in [0.05, 0.1) is 11.8 Å². The van der Waals surface area contributed by atoms with Crippen LogP contribution in [0.25, 0.3) is 10.1 Å². The number of aromatic nitrogens is 1. The fourth-order valence-corrected chi connectivity index (χ4v) is 2.78. The average Bonchev–Trinajstić information content (AvgIpc) is 2.36. The van der Waals surface area contributed by atoms with Crippen molar-refractivity contribution in [3.8, 4) is 0 Å². The lowest BCUT2D eigenvalue weighted by Gasteiger charge is -2.19. The molecule has 0 aliphatic rings. The number of benzene rings is 1. The van der Waals surface area contributed by atoms with E-state index in [2.05, 4.69) is 0 Å². The number of ether oxygens (including phenoxy) is 1. The number of esters is 1. The van der Waals surface area contributed by atoms with Gasteiger partial charge in [0.25, 0.3) is 5.56 Å². The standard InChI is InChI=1S/C15H17NO4S/c1-15(2,3)20-12(17)8-9-16-13(18)10-6-4-5-7-11(10)21-14(16)19/h4-7H,8-9H2,1-3H3. The van der Waals surface area contributed by atoms with Crippen molar-refractivity contribution in [2.45, 2.75) is 39.3 Å². The van der Waals surface area contributed by atoms with Crippen molar-refractivity contribution >= 4 is 27.4 Å². The summed E-state index contributed by atoms with van der Waals surface area (Å²) in [5, 5.41) is 0.492. The first-order valence-electron chi connectivity index (χ1n) is 6.62. The van der Waals surface area contributed by atoms with Gasteiger partial charge in [-0.2, -0.15) is 0 Å². The van der Waals surface area contributed by atoms with Crippen molar-refractivity contribution < 1.29 is 9.53 Å². The minimum atomic E-state index is -0.575. The largest absolute Gasteiger partial charge is 0.460 e. The molecule has 2 aromatic rings. The average molecular weight is 307 g/mol. The first-order chi connectivity index (χ1) is 9.78. The smallest absolute Gasteiger partial charge is 0.310 e. The van der Waals surface area contributed by atoms with Crippen LogP contribution in [0.4, 0.5) is 0 Å². The van der Waals surface area contributed by atoms with E-state index in [-0.39, 0.29) is 23.4 Å². The number of rotatable bonds is 3. The van der Waals surface area contributed by atoms with Gasteiger partial charge in [0, 0.05) is 11.2 Å². The number of carbonyl (C=O) groups excluding carboxylic acids is 1. The summed E-state index contributed by atoms with van der Waals surface area (Å²) in [6, 6.07) is 6.94. The molecule has 0 aliphatic carbocycles. The molecule has 0 fully saturated rings. The molecular formula is C15H17NO4S. The zero-order chi connectivity index (χ0) is 15.6. The highest BCUT2D eigenvalue weighted by Crippen LogP contribution is 2.11. The molecule has 0 aliphatic heterocycles. The third kappa shape index (κ3) is 3.78. The van der Waals surface area contributed by atoms with E-state index in [0.717, 1.165) is 15.9 Å². The minimum absolute atomic E-state index is 0.00250. The molecule has 6 heteroatoms. The normalized spacial score (nSPS) is 11.6. The van der Waals surface area contributed by atoms with Crippen molar-refractivity contribution in [1.29, 1.82) is 0 Å². The van der Waals surface area contributed by atoms with Gasteiger partial charge in [0.1, 0.15) is 5.60 Å². The fraction of sp³-hybridized carbons (Fsp3) is 0.400. The maximum absolute atomic E-state index is 12.3. The highest BCUT2D eigenvalue weighted by atomic mass is 32.1. The van der Waals surface area contributed by atoms with Gasteiger partial charge in [-0.15, -0.1) is 0 Å². The van der Waals surface area contributed by atoms with Crippen molar-refractivity contribution in [2.24, 2.45) is 0 Å². The van der Waals surface area contributed by atoms with E-state index in [4.69, 9.17) is 4.74 Å². The number of hydrogen-bond donors (Lipinski definition) is 0. The quantitative estimate of drug-likeness (QED) is 0.815. The molecule has 0 radical (unpaired) electrons. The van der Waals surface area contributed by atoms with E-state index in [1.54, 1.807) is 45.0 Å². The Morgan fingerprint density at radius 3 is 2.57 bits per heavy atom. The third-order valence-electron chi connectivity index (χ3n) is 2.74. The van der Waals surface area contributed by atoms with Crippen molar-refractivity contribution in [3.63, 3.8) is 0 Å². The van der Waals surface area contributed by atoms with Gasteiger partial charge in [-0.05, 0) is 32.9 Å². The van der Waals surface area contributed by atoms with Crippen molar-refractivity contribution in [3.05, 3.63) is 44.3 Å². The molecular weight excluding hydrogens is 290 g/mol. The molecule has 2 rings (SSSR count). The van der Waals surface area contributed by atoms with Crippen LogP contribution >= 0.6 is 11.3 Å². The second kappa shape index (κ2) is 5.81. The molecule has 0 atom stereocenters. The lowest BCUT2D eigenvalue weighted by atomic mass is 10.2. The maximum atomic E-state index is 12.3. The summed E-state index contributed by atoms with van der Waals surface area (Å²) in [5.74, 6) is -0.424. The number of carbonyl (C=O) groups is 1. The summed E-state index contributed by atoms with van der Waals surface area (Å²) in [6.07, 6.45) is -0.00250. The van der Waals surface area contributed by atoms with E-state index in [1.807, 2.05) is 0 Å². The van der Waals surface area contributed by atoms with Crippen LogP contribution in [0.2, 0.25) is 0 Å². The first-order valence-corrected chi connectivity index (χ1v) is 7.44. The fourth-order valence-electron chi connectivity index (χ4n) is 1.90. The summed E-state index contributed by atoms with van der Waals surface area (Å²) in [6.45, 7) is 5.35. The maximum Gasteiger partial charge on any atom is 0.310 e. The Hall–Kier alpha value is -1.95. The van der Waals surface area contributed by atoms with E-state index >= 15 is 0 Å². The Labute approximate surface area is 125 Å². The molecule has 1 heterocycles. The summed E-state index contributed by atoms with van der Waals surface area (Å²) in [5.41, 5.74) is -0.938. The van der Waals surface area contributed by atoms with Gasteiger partial charge >= 0.3 is 10.8 Å². The van der Waals surface area contributed by atoms with Crippen LogP contribution in [-0.2, 0) is 16.1 Å². The molecule has 0 saturated heterocycles. The Kier molecular flexibility index (Phi) is 4.27. The number of hydrogen-bond acceptors (Lipinski definition) is 5. The molecule has 0 N–H and O–H groups in total.